The number of rotatable bonds is 2. The third kappa shape index (κ3) is 1.79. The zero-order valence-corrected chi connectivity index (χ0v) is 13.5. The molecule has 0 radical (unpaired) electrons. The summed E-state index contributed by atoms with van der Waals surface area (Å²) in [6.45, 7) is 3.84. The predicted molar refractivity (Wildman–Crippen MR) is 91.1 cm³/mol. The van der Waals surface area contributed by atoms with E-state index in [4.69, 9.17) is 4.52 Å². The smallest absolute Gasteiger partial charge is 0.326 e. The number of hydrogen-bond acceptors (Lipinski definition) is 4. The van der Waals surface area contributed by atoms with Gasteiger partial charge in [0.2, 0.25) is 0 Å². The highest BCUT2D eigenvalue weighted by Gasteiger charge is 2.28. The minimum atomic E-state index is -0.0448. The average molecular weight is 320 g/mol. The van der Waals surface area contributed by atoms with Gasteiger partial charge in [0.15, 0.2) is 0 Å². The zero-order valence-electron chi connectivity index (χ0n) is 13.5. The molecular weight excluding hydrogens is 304 g/mol. The Kier molecular flexibility index (Phi) is 2.58. The van der Waals surface area contributed by atoms with Crippen LogP contribution >= 0.6 is 0 Å². The molecular formula is C18H16N4O2. The quantitative estimate of drug-likeness (QED) is 0.613. The van der Waals surface area contributed by atoms with Crippen LogP contribution in [-0.4, -0.2) is 19.7 Å². The second-order valence-electron chi connectivity index (χ2n) is 6.48. The van der Waals surface area contributed by atoms with Crippen molar-refractivity contribution >= 4 is 21.9 Å². The Labute approximate surface area is 137 Å². The molecule has 3 heterocycles. The fourth-order valence-electron chi connectivity index (χ4n) is 3.54. The van der Waals surface area contributed by atoms with E-state index in [1.54, 1.807) is 6.20 Å². The molecule has 0 spiro atoms. The molecule has 1 aliphatic rings. The van der Waals surface area contributed by atoms with Gasteiger partial charge in [-0.3, -0.25) is 9.55 Å². The SMILES string of the molecule is Cc1noc(C)c1-c1ccc2c(c1)ncc1[nH]c(=O)n(C3CC3)c12. The fourth-order valence-corrected chi connectivity index (χ4v) is 3.54. The first kappa shape index (κ1) is 13.5. The summed E-state index contributed by atoms with van der Waals surface area (Å²) >= 11 is 0. The van der Waals surface area contributed by atoms with E-state index in [0.29, 0.717) is 6.04 Å². The highest BCUT2D eigenvalue weighted by Crippen LogP contribution is 2.38. The third-order valence-corrected chi connectivity index (χ3v) is 4.78. The molecule has 24 heavy (non-hydrogen) atoms. The minimum Gasteiger partial charge on any atom is -0.361 e. The van der Waals surface area contributed by atoms with Crippen LogP contribution in [-0.2, 0) is 0 Å². The predicted octanol–water partition coefficient (Wildman–Crippen LogP) is 3.48. The second kappa shape index (κ2) is 4.56. The molecule has 1 saturated carbocycles. The maximum atomic E-state index is 12.3. The molecule has 5 rings (SSSR count). The van der Waals surface area contributed by atoms with E-state index < -0.39 is 0 Å². The van der Waals surface area contributed by atoms with Gasteiger partial charge in [0.25, 0.3) is 0 Å². The average Bonchev–Trinajstić information content (AvgIpc) is 3.26. The summed E-state index contributed by atoms with van der Waals surface area (Å²) < 4.78 is 7.16. The highest BCUT2D eigenvalue weighted by molar-refractivity contribution is 6.03. The molecule has 0 aliphatic heterocycles. The summed E-state index contributed by atoms with van der Waals surface area (Å²) in [7, 11) is 0. The second-order valence-corrected chi connectivity index (χ2v) is 6.48. The summed E-state index contributed by atoms with van der Waals surface area (Å²) in [6, 6.07) is 6.44. The molecule has 6 heteroatoms. The minimum absolute atomic E-state index is 0.0448. The van der Waals surface area contributed by atoms with Gasteiger partial charge in [-0.15, -0.1) is 0 Å². The van der Waals surface area contributed by atoms with Crippen LogP contribution in [0.2, 0.25) is 0 Å². The van der Waals surface area contributed by atoms with Crippen molar-refractivity contribution in [1.29, 1.82) is 0 Å². The molecule has 3 aromatic heterocycles. The van der Waals surface area contributed by atoms with Crippen LogP contribution in [0.4, 0.5) is 0 Å². The number of aryl methyl sites for hydroxylation is 2. The Morgan fingerprint density at radius 2 is 2.12 bits per heavy atom. The summed E-state index contributed by atoms with van der Waals surface area (Å²) in [5.74, 6) is 0.796. The van der Waals surface area contributed by atoms with Crippen LogP contribution in [0.1, 0.15) is 30.3 Å². The number of aromatic nitrogens is 4. The lowest BCUT2D eigenvalue weighted by molar-refractivity contribution is 0.393. The summed E-state index contributed by atoms with van der Waals surface area (Å²) in [4.78, 5) is 19.7. The van der Waals surface area contributed by atoms with Crippen molar-refractivity contribution in [2.45, 2.75) is 32.7 Å². The fraction of sp³-hybridized carbons (Fsp3) is 0.278. The molecule has 0 bridgehead atoms. The maximum Gasteiger partial charge on any atom is 0.326 e. The Morgan fingerprint density at radius 1 is 1.29 bits per heavy atom. The first-order valence-electron chi connectivity index (χ1n) is 8.09. The van der Waals surface area contributed by atoms with E-state index >= 15 is 0 Å². The van der Waals surface area contributed by atoms with E-state index in [0.717, 1.165) is 57.4 Å². The molecule has 1 fully saturated rings. The van der Waals surface area contributed by atoms with Gasteiger partial charge in [-0.2, -0.15) is 0 Å². The van der Waals surface area contributed by atoms with Gasteiger partial charge in [0, 0.05) is 17.0 Å². The number of benzene rings is 1. The lowest BCUT2D eigenvalue weighted by atomic mass is 10.0. The molecule has 0 amide bonds. The van der Waals surface area contributed by atoms with Crippen LogP contribution in [0.25, 0.3) is 33.1 Å². The Bertz CT molecular complexity index is 1140. The molecule has 1 aromatic carbocycles. The summed E-state index contributed by atoms with van der Waals surface area (Å²) in [5, 5.41) is 5.02. The van der Waals surface area contributed by atoms with Gasteiger partial charge in [0.05, 0.1) is 28.4 Å². The van der Waals surface area contributed by atoms with Gasteiger partial charge in [-0.25, -0.2) is 4.79 Å². The van der Waals surface area contributed by atoms with Crippen LogP contribution in [0.5, 0.6) is 0 Å². The third-order valence-electron chi connectivity index (χ3n) is 4.78. The van der Waals surface area contributed by atoms with Crippen molar-refractivity contribution in [1.82, 2.24) is 19.7 Å². The van der Waals surface area contributed by atoms with Gasteiger partial charge in [-0.05, 0) is 38.3 Å². The molecule has 0 atom stereocenters. The van der Waals surface area contributed by atoms with Crippen molar-refractivity contribution in [2.24, 2.45) is 0 Å². The molecule has 1 aliphatic carbocycles. The number of nitrogens with one attached hydrogen (secondary N) is 1. The van der Waals surface area contributed by atoms with Crippen LogP contribution in [0.15, 0.2) is 33.7 Å². The van der Waals surface area contributed by atoms with Crippen LogP contribution in [0, 0.1) is 13.8 Å². The number of hydrogen-bond donors (Lipinski definition) is 1. The number of imidazole rings is 1. The van der Waals surface area contributed by atoms with Crippen molar-refractivity contribution in [2.75, 3.05) is 0 Å². The van der Waals surface area contributed by atoms with Crippen molar-refractivity contribution in [3.8, 4) is 11.1 Å². The monoisotopic (exact) mass is 320 g/mol. The standard InChI is InChI=1S/C18H16N4O2/c1-9-16(10(2)24-21-9)11-3-6-13-14(7-11)19-8-15-17(13)22(12-4-5-12)18(23)20-15/h3,6-8,12H,4-5H2,1-2H3,(H,20,23). The first-order chi connectivity index (χ1) is 11.6. The lowest BCUT2D eigenvalue weighted by Gasteiger charge is -2.06. The highest BCUT2D eigenvalue weighted by atomic mass is 16.5. The van der Waals surface area contributed by atoms with Crippen LogP contribution < -0.4 is 5.69 Å². The Hall–Kier alpha value is -2.89. The zero-order chi connectivity index (χ0) is 16.4. The lowest BCUT2D eigenvalue weighted by Crippen LogP contribution is -2.15. The molecule has 0 unspecified atom stereocenters. The van der Waals surface area contributed by atoms with E-state index in [1.807, 2.05) is 36.6 Å². The molecule has 4 aromatic rings. The van der Waals surface area contributed by atoms with Gasteiger partial charge >= 0.3 is 5.69 Å². The van der Waals surface area contributed by atoms with Crippen LogP contribution in [0.3, 0.4) is 0 Å². The van der Waals surface area contributed by atoms with Gasteiger partial charge in [-0.1, -0.05) is 17.3 Å². The Balaban J connectivity index is 1.81. The number of pyridine rings is 1. The maximum absolute atomic E-state index is 12.3. The topological polar surface area (TPSA) is 76.7 Å². The van der Waals surface area contributed by atoms with Crippen molar-refractivity contribution in [3.63, 3.8) is 0 Å². The number of aromatic amines is 1. The number of nitrogens with zero attached hydrogens (tertiary/aromatic N) is 3. The van der Waals surface area contributed by atoms with E-state index in [-0.39, 0.29) is 5.69 Å². The summed E-state index contributed by atoms with van der Waals surface area (Å²) in [6.07, 6.45) is 3.87. The van der Waals surface area contributed by atoms with E-state index in [1.165, 1.54) is 0 Å². The Morgan fingerprint density at radius 3 is 2.83 bits per heavy atom. The summed E-state index contributed by atoms with van der Waals surface area (Å²) in [5.41, 5.74) is 5.48. The van der Waals surface area contributed by atoms with Gasteiger partial charge < -0.3 is 9.51 Å². The van der Waals surface area contributed by atoms with Crippen molar-refractivity contribution in [3.05, 3.63) is 46.3 Å². The largest absolute Gasteiger partial charge is 0.361 e. The molecule has 6 nitrogen and oxygen atoms in total. The normalized spacial score (nSPS) is 14.8. The van der Waals surface area contributed by atoms with E-state index in [9.17, 15) is 4.79 Å². The number of fused-ring (bicyclic) bond motifs is 3. The first-order valence-corrected chi connectivity index (χ1v) is 8.09. The van der Waals surface area contributed by atoms with Gasteiger partial charge in [0.1, 0.15) is 5.76 Å². The molecule has 0 saturated heterocycles. The number of H-pyrrole nitrogens is 1. The van der Waals surface area contributed by atoms with Crippen molar-refractivity contribution < 1.29 is 4.52 Å². The molecule has 120 valence electrons. The molecule has 1 N–H and O–H groups in total. The van der Waals surface area contributed by atoms with E-state index in [2.05, 4.69) is 15.1 Å².